The van der Waals surface area contributed by atoms with Crippen molar-refractivity contribution in [3.63, 3.8) is 0 Å². The number of carbonyl (C=O) groups excluding carboxylic acids is 1. The number of hydrogen-bond acceptors (Lipinski definition) is 6. The number of sulfonamides is 1. The SMILES string of the molecule is Cc1ccccc1N(CC(=O)N/N=C\c1ccc(OC2CSC2)cc1)S(C)(=O)=O. The summed E-state index contributed by atoms with van der Waals surface area (Å²) in [4.78, 5) is 12.2. The number of carbonyl (C=O) groups is 1. The molecule has 0 spiro atoms. The van der Waals surface area contributed by atoms with Gasteiger partial charge in [-0.25, -0.2) is 13.8 Å². The Labute approximate surface area is 175 Å². The number of amides is 1. The molecule has 1 aliphatic heterocycles. The van der Waals surface area contributed by atoms with E-state index in [1.54, 1.807) is 25.1 Å². The van der Waals surface area contributed by atoms with E-state index in [2.05, 4.69) is 10.5 Å². The van der Waals surface area contributed by atoms with Gasteiger partial charge in [0.2, 0.25) is 10.0 Å². The molecule has 154 valence electrons. The third kappa shape index (κ3) is 5.98. The molecular weight excluding hydrogens is 410 g/mol. The topological polar surface area (TPSA) is 88.1 Å². The van der Waals surface area contributed by atoms with E-state index in [0.29, 0.717) is 5.69 Å². The molecule has 0 radical (unpaired) electrons. The van der Waals surface area contributed by atoms with Gasteiger partial charge in [0.25, 0.3) is 5.91 Å². The second kappa shape index (κ2) is 9.32. The van der Waals surface area contributed by atoms with Gasteiger partial charge in [-0.3, -0.25) is 9.10 Å². The Bertz CT molecular complexity index is 987. The van der Waals surface area contributed by atoms with Gasteiger partial charge in [-0.1, -0.05) is 18.2 Å². The maximum Gasteiger partial charge on any atom is 0.260 e. The number of thioether (sulfide) groups is 1. The van der Waals surface area contributed by atoms with Gasteiger partial charge in [0.1, 0.15) is 18.4 Å². The van der Waals surface area contributed by atoms with Crippen molar-refractivity contribution in [2.45, 2.75) is 13.0 Å². The van der Waals surface area contributed by atoms with Gasteiger partial charge in [-0.15, -0.1) is 0 Å². The number of nitrogens with zero attached hydrogens (tertiary/aromatic N) is 2. The van der Waals surface area contributed by atoms with Gasteiger partial charge in [-0.05, 0) is 48.4 Å². The summed E-state index contributed by atoms with van der Waals surface area (Å²) in [5, 5.41) is 3.92. The minimum atomic E-state index is -3.62. The highest BCUT2D eigenvalue weighted by Gasteiger charge is 2.22. The second-order valence-electron chi connectivity index (χ2n) is 6.70. The van der Waals surface area contributed by atoms with Crippen LogP contribution in [0, 0.1) is 6.92 Å². The molecule has 2 aromatic rings. The number of nitrogens with one attached hydrogen (secondary N) is 1. The van der Waals surface area contributed by atoms with Crippen LogP contribution >= 0.6 is 11.8 Å². The highest BCUT2D eigenvalue weighted by atomic mass is 32.2. The maximum atomic E-state index is 12.2. The van der Waals surface area contributed by atoms with Gasteiger partial charge in [0.05, 0.1) is 18.2 Å². The van der Waals surface area contributed by atoms with Crippen molar-refractivity contribution in [3.8, 4) is 5.75 Å². The Hall–Kier alpha value is -2.52. The molecule has 3 rings (SSSR count). The fraction of sp³-hybridized carbons (Fsp3) is 0.300. The minimum absolute atomic E-state index is 0.282. The zero-order valence-electron chi connectivity index (χ0n) is 16.2. The van der Waals surface area contributed by atoms with Crippen molar-refractivity contribution < 1.29 is 17.9 Å². The first kappa shape index (κ1) is 21.2. The number of rotatable bonds is 8. The lowest BCUT2D eigenvalue weighted by atomic mass is 10.2. The van der Waals surface area contributed by atoms with Crippen LogP contribution < -0.4 is 14.5 Å². The lowest BCUT2D eigenvalue weighted by molar-refractivity contribution is -0.119. The van der Waals surface area contributed by atoms with Crippen LogP contribution in [-0.4, -0.2) is 50.9 Å². The van der Waals surface area contributed by atoms with Gasteiger partial charge in [-0.2, -0.15) is 16.9 Å². The quantitative estimate of drug-likeness (QED) is 0.510. The van der Waals surface area contributed by atoms with E-state index >= 15 is 0 Å². The normalized spacial score (nSPS) is 14.4. The zero-order valence-corrected chi connectivity index (χ0v) is 17.9. The highest BCUT2D eigenvalue weighted by Crippen LogP contribution is 2.24. The van der Waals surface area contributed by atoms with Crippen molar-refractivity contribution in [3.05, 3.63) is 59.7 Å². The smallest absolute Gasteiger partial charge is 0.260 e. The minimum Gasteiger partial charge on any atom is -0.489 e. The van der Waals surface area contributed by atoms with Crippen molar-refractivity contribution in [1.29, 1.82) is 0 Å². The van der Waals surface area contributed by atoms with Crippen LogP contribution in [0.2, 0.25) is 0 Å². The molecule has 1 N–H and O–H groups in total. The van der Waals surface area contributed by atoms with E-state index in [1.165, 1.54) is 6.21 Å². The van der Waals surface area contributed by atoms with E-state index in [9.17, 15) is 13.2 Å². The number of aryl methyl sites for hydroxylation is 1. The van der Waals surface area contributed by atoms with Crippen molar-refractivity contribution >= 4 is 39.6 Å². The Morgan fingerprint density at radius 2 is 1.93 bits per heavy atom. The van der Waals surface area contributed by atoms with Crippen LogP contribution in [0.1, 0.15) is 11.1 Å². The average Bonchev–Trinajstić information content (AvgIpc) is 2.64. The van der Waals surface area contributed by atoms with E-state index in [0.717, 1.165) is 38.9 Å². The molecule has 0 atom stereocenters. The third-order valence-electron chi connectivity index (χ3n) is 4.26. The first-order chi connectivity index (χ1) is 13.8. The summed E-state index contributed by atoms with van der Waals surface area (Å²) in [5.74, 6) is 2.31. The average molecular weight is 434 g/mol. The third-order valence-corrected chi connectivity index (χ3v) is 6.61. The van der Waals surface area contributed by atoms with Gasteiger partial charge >= 0.3 is 0 Å². The molecule has 0 saturated carbocycles. The summed E-state index contributed by atoms with van der Waals surface area (Å²) >= 11 is 1.86. The first-order valence-electron chi connectivity index (χ1n) is 9.02. The summed E-state index contributed by atoms with van der Waals surface area (Å²) in [5.41, 5.74) is 4.40. The number of ether oxygens (including phenoxy) is 1. The van der Waals surface area contributed by atoms with Crippen LogP contribution in [0.3, 0.4) is 0 Å². The second-order valence-corrected chi connectivity index (χ2v) is 9.68. The van der Waals surface area contributed by atoms with Crippen LogP contribution in [0.15, 0.2) is 53.6 Å². The van der Waals surface area contributed by atoms with E-state index in [4.69, 9.17) is 4.74 Å². The number of hydrazone groups is 1. The fourth-order valence-corrected chi connectivity index (χ4v) is 4.15. The Morgan fingerprint density at radius 1 is 1.24 bits per heavy atom. The van der Waals surface area contributed by atoms with Gasteiger partial charge in [0.15, 0.2) is 0 Å². The molecule has 1 saturated heterocycles. The number of benzene rings is 2. The summed E-state index contributed by atoms with van der Waals surface area (Å²) in [6, 6.07) is 14.4. The first-order valence-corrected chi connectivity index (χ1v) is 12.0. The largest absolute Gasteiger partial charge is 0.489 e. The van der Waals surface area contributed by atoms with Gasteiger partial charge < -0.3 is 4.74 Å². The Kier molecular flexibility index (Phi) is 6.81. The van der Waals surface area contributed by atoms with Crippen molar-refractivity contribution in [1.82, 2.24) is 5.43 Å². The lowest BCUT2D eigenvalue weighted by Gasteiger charge is -2.25. The number of anilines is 1. The van der Waals surface area contributed by atoms with E-state index in [-0.39, 0.29) is 12.6 Å². The molecule has 0 aromatic heterocycles. The number of hydrogen-bond donors (Lipinski definition) is 1. The van der Waals surface area contributed by atoms with E-state index < -0.39 is 15.9 Å². The van der Waals surface area contributed by atoms with Gasteiger partial charge in [0, 0.05) is 11.5 Å². The molecule has 29 heavy (non-hydrogen) atoms. The Balaban J connectivity index is 1.58. The molecular formula is C20H23N3O4S2. The predicted octanol–water partition coefficient (Wildman–Crippen LogP) is 2.41. The predicted molar refractivity (Wildman–Crippen MR) is 117 cm³/mol. The molecule has 7 nitrogen and oxygen atoms in total. The van der Waals surface area contributed by atoms with Crippen molar-refractivity contribution in [2.24, 2.45) is 5.10 Å². The molecule has 9 heteroatoms. The van der Waals surface area contributed by atoms with Crippen LogP contribution in [0.4, 0.5) is 5.69 Å². The summed E-state index contributed by atoms with van der Waals surface area (Å²) in [6.45, 7) is 1.44. The summed E-state index contributed by atoms with van der Waals surface area (Å²) in [6.07, 6.45) is 2.85. The molecule has 1 heterocycles. The molecule has 1 amide bonds. The van der Waals surface area contributed by atoms with Crippen LogP contribution in [-0.2, 0) is 14.8 Å². The Morgan fingerprint density at radius 3 is 2.52 bits per heavy atom. The monoisotopic (exact) mass is 433 g/mol. The van der Waals surface area contributed by atoms with Crippen LogP contribution in [0.5, 0.6) is 5.75 Å². The lowest BCUT2D eigenvalue weighted by Crippen LogP contribution is -2.39. The fourth-order valence-electron chi connectivity index (χ4n) is 2.68. The molecule has 0 aliphatic carbocycles. The number of para-hydroxylation sites is 1. The standard InChI is InChI=1S/C20H23N3O4S2/c1-15-5-3-4-6-19(15)23(29(2,25)26)12-20(24)22-21-11-16-7-9-17(10-8-16)27-18-13-28-14-18/h3-11,18H,12-14H2,1-2H3,(H,22,24)/b21-11-. The molecule has 0 bridgehead atoms. The molecule has 1 fully saturated rings. The summed E-state index contributed by atoms with van der Waals surface area (Å²) in [7, 11) is -3.62. The van der Waals surface area contributed by atoms with Crippen LogP contribution in [0.25, 0.3) is 0 Å². The molecule has 2 aromatic carbocycles. The zero-order chi connectivity index (χ0) is 20.9. The summed E-state index contributed by atoms with van der Waals surface area (Å²) < 4.78 is 31.1. The molecule has 0 unspecified atom stereocenters. The van der Waals surface area contributed by atoms with E-state index in [1.807, 2.05) is 42.1 Å². The molecule has 1 aliphatic rings. The maximum absolute atomic E-state index is 12.2. The van der Waals surface area contributed by atoms with Crippen molar-refractivity contribution in [2.75, 3.05) is 28.6 Å². The highest BCUT2D eigenvalue weighted by molar-refractivity contribution is 8.00.